The first kappa shape index (κ1) is 14.2. The molecule has 0 saturated heterocycles. The summed E-state index contributed by atoms with van der Waals surface area (Å²) in [5.74, 6) is 0.124. The third kappa shape index (κ3) is 3.59. The highest BCUT2D eigenvalue weighted by atomic mass is 16.6. The number of phenols is 1. The van der Waals surface area contributed by atoms with Gasteiger partial charge in [-0.25, -0.2) is 0 Å². The summed E-state index contributed by atoms with van der Waals surface area (Å²) in [5.41, 5.74) is 0.233. The molecule has 1 N–H and O–H groups in total. The Morgan fingerprint density at radius 2 is 2.11 bits per heavy atom. The highest BCUT2D eigenvalue weighted by molar-refractivity contribution is 5.55. The third-order valence-corrected chi connectivity index (χ3v) is 2.63. The van der Waals surface area contributed by atoms with Crippen LogP contribution >= 0.6 is 0 Å². The van der Waals surface area contributed by atoms with Gasteiger partial charge in [-0.15, -0.1) is 0 Å². The number of aryl methyl sites for hydroxylation is 1. The number of rotatable bonds is 6. The van der Waals surface area contributed by atoms with Crippen molar-refractivity contribution in [1.82, 2.24) is 4.90 Å². The van der Waals surface area contributed by atoms with Crippen molar-refractivity contribution in [3.05, 3.63) is 27.8 Å². The van der Waals surface area contributed by atoms with Gasteiger partial charge in [0, 0.05) is 5.56 Å². The van der Waals surface area contributed by atoms with Crippen LogP contribution in [0.15, 0.2) is 12.1 Å². The molecular formula is C12H18N2O4. The van der Waals surface area contributed by atoms with Crippen molar-refractivity contribution in [2.24, 2.45) is 0 Å². The van der Waals surface area contributed by atoms with Gasteiger partial charge in [0.15, 0.2) is 5.75 Å². The fraction of sp³-hybridized carbons (Fsp3) is 0.500. The number of hydrogen-bond acceptors (Lipinski definition) is 5. The van der Waals surface area contributed by atoms with Crippen LogP contribution in [0.4, 0.5) is 5.69 Å². The number of nitrogens with zero attached hydrogens (tertiary/aromatic N) is 2. The molecule has 0 saturated carbocycles. The van der Waals surface area contributed by atoms with Gasteiger partial charge in [-0.05, 0) is 39.5 Å². The summed E-state index contributed by atoms with van der Waals surface area (Å²) in [4.78, 5) is 12.2. The molecule has 0 aliphatic carbocycles. The number of phenolic OH excluding ortho intramolecular Hbond substituents is 1. The average Bonchev–Trinajstić information content (AvgIpc) is 2.30. The van der Waals surface area contributed by atoms with Gasteiger partial charge in [0.1, 0.15) is 5.75 Å². The molecule has 0 unspecified atom stereocenters. The van der Waals surface area contributed by atoms with Gasteiger partial charge in [0.05, 0.1) is 18.1 Å². The van der Waals surface area contributed by atoms with E-state index < -0.39 is 4.92 Å². The summed E-state index contributed by atoms with van der Waals surface area (Å²) in [6.45, 7) is 0.852. The maximum absolute atomic E-state index is 10.8. The molecule has 0 atom stereocenters. The molecule has 6 nitrogen and oxygen atoms in total. The smallest absolute Gasteiger partial charge is 0.314 e. The minimum absolute atomic E-state index is 0.264. The molecule has 6 heteroatoms. The summed E-state index contributed by atoms with van der Waals surface area (Å²) < 4.78 is 5.00. The van der Waals surface area contributed by atoms with Crippen LogP contribution in [0.2, 0.25) is 0 Å². The van der Waals surface area contributed by atoms with Gasteiger partial charge >= 0.3 is 5.69 Å². The number of hydrogen-bond donors (Lipinski definition) is 1. The molecular weight excluding hydrogens is 236 g/mol. The quantitative estimate of drug-likeness (QED) is 0.619. The van der Waals surface area contributed by atoms with Crippen LogP contribution < -0.4 is 4.74 Å². The van der Waals surface area contributed by atoms with Gasteiger partial charge in [-0.2, -0.15) is 0 Å². The van der Waals surface area contributed by atoms with Gasteiger partial charge in [-0.3, -0.25) is 10.1 Å². The van der Waals surface area contributed by atoms with Crippen LogP contribution in [0.5, 0.6) is 11.5 Å². The van der Waals surface area contributed by atoms with E-state index in [2.05, 4.69) is 0 Å². The van der Waals surface area contributed by atoms with E-state index in [0.717, 1.165) is 13.0 Å². The maximum Gasteiger partial charge on any atom is 0.314 e. The fourth-order valence-corrected chi connectivity index (χ4v) is 1.68. The highest BCUT2D eigenvalue weighted by Gasteiger charge is 2.19. The van der Waals surface area contributed by atoms with Crippen LogP contribution in [-0.4, -0.2) is 42.7 Å². The lowest BCUT2D eigenvalue weighted by molar-refractivity contribution is -0.386. The molecule has 1 aromatic carbocycles. The lowest BCUT2D eigenvalue weighted by Crippen LogP contribution is -2.13. The van der Waals surface area contributed by atoms with E-state index in [0.29, 0.717) is 17.7 Å². The summed E-state index contributed by atoms with van der Waals surface area (Å²) in [6, 6.07) is 2.86. The second-order valence-electron chi connectivity index (χ2n) is 4.32. The zero-order chi connectivity index (χ0) is 13.7. The van der Waals surface area contributed by atoms with E-state index in [4.69, 9.17) is 4.74 Å². The lowest BCUT2D eigenvalue weighted by Gasteiger charge is -2.11. The normalized spacial score (nSPS) is 10.7. The van der Waals surface area contributed by atoms with Gasteiger partial charge < -0.3 is 14.7 Å². The first-order chi connectivity index (χ1) is 8.45. The predicted molar refractivity (Wildman–Crippen MR) is 68.2 cm³/mol. The van der Waals surface area contributed by atoms with E-state index in [1.807, 2.05) is 19.0 Å². The van der Waals surface area contributed by atoms with Crippen molar-refractivity contribution in [3.8, 4) is 11.5 Å². The Kier molecular flexibility index (Phi) is 4.91. The summed E-state index contributed by atoms with van der Waals surface area (Å²) in [5, 5.41) is 20.6. The standard InChI is InChI=1S/C12H18N2O4/c1-13(2)6-4-5-9-7-10(18-3)8-11(12(9)15)14(16)17/h7-8,15H,4-6H2,1-3H3. The summed E-state index contributed by atoms with van der Waals surface area (Å²) in [7, 11) is 5.35. The van der Waals surface area contributed by atoms with E-state index in [1.54, 1.807) is 6.07 Å². The Labute approximate surface area is 106 Å². The first-order valence-corrected chi connectivity index (χ1v) is 5.64. The number of nitro groups is 1. The molecule has 0 heterocycles. The molecule has 1 rings (SSSR count). The van der Waals surface area contributed by atoms with Crippen LogP contribution in [0.1, 0.15) is 12.0 Å². The van der Waals surface area contributed by atoms with Crippen molar-refractivity contribution in [2.75, 3.05) is 27.7 Å². The van der Waals surface area contributed by atoms with Crippen molar-refractivity contribution >= 4 is 5.69 Å². The highest BCUT2D eigenvalue weighted by Crippen LogP contribution is 2.34. The molecule has 0 spiro atoms. The van der Waals surface area contributed by atoms with Gasteiger partial charge in [0.25, 0.3) is 0 Å². The topological polar surface area (TPSA) is 75.8 Å². The van der Waals surface area contributed by atoms with Crippen LogP contribution in [0, 0.1) is 10.1 Å². The van der Waals surface area contributed by atoms with Gasteiger partial charge in [-0.1, -0.05) is 0 Å². The predicted octanol–water partition coefficient (Wildman–Crippen LogP) is 1.80. The Morgan fingerprint density at radius 3 is 2.61 bits per heavy atom. The molecule has 18 heavy (non-hydrogen) atoms. The van der Waals surface area contributed by atoms with E-state index in [1.165, 1.54) is 13.2 Å². The van der Waals surface area contributed by atoms with Crippen LogP contribution in [-0.2, 0) is 6.42 Å². The molecule has 0 fully saturated rings. The fourth-order valence-electron chi connectivity index (χ4n) is 1.68. The van der Waals surface area contributed by atoms with Crippen molar-refractivity contribution in [2.45, 2.75) is 12.8 Å². The zero-order valence-electron chi connectivity index (χ0n) is 10.8. The van der Waals surface area contributed by atoms with Crippen LogP contribution in [0.3, 0.4) is 0 Å². The second kappa shape index (κ2) is 6.20. The summed E-state index contributed by atoms with van der Waals surface area (Å²) in [6.07, 6.45) is 1.38. The number of benzene rings is 1. The average molecular weight is 254 g/mol. The molecule has 1 aromatic rings. The van der Waals surface area contributed by atoms with Crippen molar-refractivity contribution < 1.29 is 14.8 Å². The Bertz CT molecular complexity index is 432. The monoisotopic (exact) mass is 254 g/mol. The minimum Gasteiger partial charge on any atom is -0.502 e. The Balaban J connectivity index is 2.95. The Morgan fingerprint density at radius 1 is 1.44 bits per heavy atom. The molecule has 0 bridgehead atoms. The molecule has 0 aliphatic heterocycles. The SMILES string of the molecule is COc1cc(CCCN(C)C)c(O)c([N+](=O)[O-])c1. The number of aromatic hydroxyl groups is 1. The molecule has 0 aliphatic rings. The Hall–Kier alpha value is -1.82. The van der Waals surface area contributed by atoms with Crippen LogP contribution in [0.25, 0.3) is 0 Å². The maximum atomic E-state index is 10.8. The number of ether oxygens (including phenoxy) is 1. The van der Waals surface area contributed by atoms with E-state index in [9.17, 15) is 15.2 Å². The molecule has 100 valence electrons. The first-order valence-electron chi connectivity index (χ1n) is 5.64. The van der Waals surface area contributed by atoms with Gasteiger partial charge in [0.2, 0.25) is 0 Å². The second-order valence-corrected chi connectivity index (χ2v) is 4.32. The number of methoxy groups -OCH3 is 1. The van der Waals surface area contributed by atoms with E-state index >= 15 is 0 Å². The van der Waals surface area contributed by atoms with Crippen molar-refractivity contribution in [1.29, 1.82) is 0 Å². The summed E-state index contributed by atoms with van der Waals surface area (Å²) >= 11 is 0. The zero-order valence-corrected chi connectivity index (χ0v) is 10.8. The number of nitro benzene ring substituents is 1. The largest absolute Gasteiger partial charge is 0.502 e. The third-order valence-electron chi connectivity index (χ3n) is 2.63. The molecule has 0 amide bonds. The minimum atomic E-state index is -0.604. The molecule has 0 radical (unpaired) electrons. The van der Waals surface area contributed by atoms with E-state index in [-0.39, 0.29) is 11.4 Å². The lowest BCUT2D eigenvalue weighted by atomic mass is 10.1. The molecule has 0 aromatic heterocycles. The van der Waals surface area contributed by atoms with Crippen molar-refractivity contribution in [3.63, 3.8) is 0 Å².